The fraction of sp³-hybridized carbons (Fsp3) is 0.200. The Morgan fingerprint density at radius 2 is 2.08 bits per heavy atom. The van der Waals surface area contributed by atoms with E-state index in [0.29, 0.717) is 0 Å². The van der Waals surface area contributed by atoms with E-state index in [0.717, 1.165) is 0 Å². The van der Waals surface area contributed by atoms with Crippen molar-refractivity contribution >= 4 is 31.3 Å². The Morgan fingerprint density at radius 1 is 1.42 bits per heavy atom. The highest BCUT2D eigenvalue weighted by Crippen LogP contribution is 2.08. The second-order valence-corrected chi connectivity index (χ2v) is 5.18. The van der Waals surface area contributed by atoms with Gasteiger partial charge in [-0.3, -0.25) is 4.98 Å². The summed E-state index contributed by atoms with van der Waals surface area (Å²) in [6.07, 6.45) is 2.61. The van der Waals surface area contributed by atoms with Gasteiger partial charge in [-0.1, -0.05) is 11.6 Å². The fourth-order valence-corrected chi connectivity index (χ4v) is 1.62. The molecular weight excluding hydrogens is 223 g/mol. The van der Waals surface area contributed by atoms with Crippen molar-refractivity contribution in [1.82, 2.24) is 9.97 Å². The van der Waals surface area contributed by atoms with Crippen LogP contribution in [0.5, 0.6) is 0 Å². The molecule has 0 radical (unpaired) electrons. The van der Waals surface area contributed by atoms with E-state index in [-0.39, 0.29) is 16.6 Å². The first-order valence-electron chi connectivity index (χ1n) is 2.86. The Hall–Kier alpha value is -0.390. The number of nitrogens with zero attached hydrogens (tertiary/aromatic N) is 2. The molecule has 0 spiro atoms. The van der Waals surface area contributed by atoms with Crippen molar-refractivity contribution in [2.45, 2.75) is 5.75 Å². The van der Waals surface area contributed by atoms with Gasteiger partial charge in [-0.05, 0) is 0 Å². The molecule has 66 valence electrons. The molecule has 7 heteroatoms. The maximum atomic E-state index is 10.6. The minimum atomic E-state index is -3.58. The van der Waals surface area contributed by atoms with Gasteiger partial charge in [0.15, 0.2) is 0 Å². The third-order valence-electron chi connectivity index (χ3n) is 0.975. The molecule has 0 aliphatic rings. The van der Waals surface area contributed by atoms with Crippen molar-refractivity contribution in [3.8, 4) is 0 Å². The molecule has 0 N–H and O–H groups in total. The Labute approximate surface area is 79.0 Å². The van der Waals surface area contributed by atoms with E-state index in [2.05, 4.69) is 9.97 Å². The van der Waals surface area contributed by atoms with Crippen LogP contribution in [0, 0.1) is 0 Å². The Balaban J connectivity index is 2.91. The first kappa shape index (κ1) is 9.70. The van der Waals surface area contributed by atoms with Crippen molar-refractivity contribution < 1.29 is 8.42 Å². The van der Waals surface area contributed by atoms with Gasteiger partial charge in [-0.25, -0.2) is 13.4 Å². The summed E-state index contributed by atoms with van der Waals surface area (Å²) < 4.78 is 21.1. The summed E-state index contributed by atoms with van der Waals surface area (Å²) in [6.45, 7) is 0. The quantitative estimate of drug-likeness (QED) is 0.712. The van der Waals surface area contributed by atoms with Crippen LogP contribution in [-0.2, 0) is 14.8 Å². The lowest BCUT2D eigenvalue weighted by molar-refractivity contribution is 0.608. The average molecular weight is 227 g/mol. The highest BCUT2D eigenvalue weighted by atomic mass is 35.7. The number of rotatable bonds is 2. The van der Waals surface area contributed by atoms with Gasteiger partial charge in [-0.15, -0.1) is 0 Å². The van der Waals surface area contributed by atoms with Crippen molar-refractivity contribution in [2.75, 3.05) is 0 Å². The fourth-order valence-electron chi connectivity index (χ4n) is 0.626. The van der Waals surface area contributed by atoms with Crippen LogP contribution < -0.4 is 0 Å². The van der Waals surface area contributed by atoms with E-state index in [9.17, 15) is 8.42 Å². The molecule has 1 aromatic heterocycles. The third kappa shape index (κ3) is 3.34. The summed E-state index contributed by atoms with van der Waals surface area (Å²) in [5, 5.41) is 0.146. The summed E-state index contributed by atoms with van der Waals surface area (Å²) in [7, 11) is 1.40. The molecule has 4 nitrogen and oxygen atoms in total. The summed E-state index contributed by atoms with van der Waals surface area (Å²) in [4.78, 5) is 7.35. The monoisotopic (exact) mass is 226 g/mol. The largest absolute Gasteiger partial charge is 0.260 e. The van der Waals surface area contributed by atoms with Crippen LogP contribution in [0.1, 0.15) is 5.69 Å². The molecule has 0 bridgehead atoms. The van der Waals surface area contributed by atoms with Crippen molar-refractivity contribution in [3.63, 3.8) is 0 Å². The SMILES string of the molecule is O=S(=O)(Cl)Cc1cncc(Cl)n1. The first-order chi connectivity index (χ1) is 5.47. The van der Waals surface area contributed by atoms with Gasteiger partial charge >= 0.3 is 0 Å². The third-order valence-corrected chi connectivity index (χ3v) is 2.13. The topological polar surface area (TPSA) is 59.9 Å². The second-order valence-electron chi connectivity index (χ2n) is 2.02. The highest BCUT2D eigenvalue weighted by Gasteiger charge is 2.08. The summed E-state index contributed by atoms with van der Waals surface area (Å²) in [5.74, 6) is -0.359. The molecule has 12 heavy (non-hydrogen) atoms. The minimum absolute atomic E-state index is 0.146. The normalized spacial score (nSPS) is 11.5. The minimum Gasteiger partial charge on any atom is -0.260 e. The average Bonchev–Trinajstić information content (AvgIpc) is 1.82. The zero-order chi connectivity index (χ0) is 9.19. The van der Waals surface area contributed by atoms with E-state index in [1.54, 1.807) is 0 Å². The van der Waals surface area contributed by atoms with Crippen LogP contribution in [0.4, 0.5) is 0 Å². The molecule has 1 aromatic rings. The van der Waals surface area contributed by atoms with E-state index in [1.807, 2.05) is 0 Å². The lowest BCUT2D eigenvalue weighted by Crippen LogP contribution is -1.98. The predicted molar refractivity (Wildman–Crippen MR) is 45.5 cm³/mol. The predicted octanol–water partition coefficient (Wildman–Crippen LogP) is 1.20. The van der Waals surface area contributed by atoms with Crippen LogP contribution in [-0.4, -0.2) is 18.4 Å². The highest BCUT2D eigenvalue weighted by molar-refractivity contribution is 8.13. The molecule has 0 amide bonds. The van der Waals surface area contributed by atoms with Gasteiger partial charge in [0.1, 0.15) is 10.9 Å². The molecule has 0 atom stereocenters. The van der Waals surface area contributed by atoms with Crippen LogP contribution in [0.3, 0.4) is 0 Å². The zero-order valence-electron chi connectivity index (χ0n) is 5.74. The number of hydrogen-bond acceptors (Lipinski definition) is 4. The standard InChI is InChI=1S/C5H4Cl2N2O2S/c6-5-2-8-1-4(9-5)3-12(7,10)11/h1-2H,3H2. The Morgan fingerprint density at radius 3 is 2.58 bits per heavy atom. The van der Waals surface area contributed by atoms with E-state index >= 15 is 0 Å². The van der Waals surface area contributed by atoms with E-state index < -0.39 is 9.05 Å². The van der Waals surface area contributed by atoms with Gasteiger partial charge in [-0.2, -0.15) is 0 Å². The Bertz CT molecular complexity index is 379. The van der Waals surface area contributed by atoms with Crippen molar-refractivity contribution in [3.05, 3.63) is 23.2 Å². The summed E-state index contributed by atoms with van der Waals surface area (Å²) in [5.41, 5.74) is 0.234. The summed E-state index contributed by atoms with van der Waals surface area (Å²) >= 11 is 5.46. The van der Waals surface area contributed by atoms with Crippen molar-refractivity contribution in [1.29, 1.82) is 0 Å². The molecule has 0 aromatic carbocycles. The molecule has 1 heterocycles. The molecular formula is C5H4Cl2N2O2S. The maximum Gasteiger partial charge on any atom is 0.238 e. The van der Waals surface area contributed by atoms with Crippen LogP contribution in [0.2, 0.25) is 5.15 Å². The molecule has 1 rings (SSSR count). The van der Waals surface area contributed by atoms with Gasteiger partial charge in [0, 0.05) is 16.9 Å². The first-order valence-corrected chi connectivity index (χ1v) is 5.72. The van der Waals surface area contributed by atoms with Gasteiger partial charge in [0.05, 0.1) is 11.9 Å². The lowest BCUT2D eigenvalue weighted by Gasteiger charge is -1.95. The molecule has 0 aliphatic heterocycles. The lowest BCUT2D eigenvalue weighted by atomic mass is 10.5. The molecule has 0 saturated carbocycles. The Kier molecular flexibility index (Phi) is 2.87. The van der Waals surface area contributed by atoms with Gasteiger partial charge in [0.25, 0.3) is 0 Å². The number of halogens is 2. The van der Waals surface area contributed by atoms with Crippen LogP contribution >= 0.6 is 22.3 Å². The maximum absolute atomic E-state index is 10.6. The number of hydrogen-bond donors (Lipinski definition) is 0. The molecule has 0 fully saturated rings. The van der Waals surface area contributed by atoms with Gasteiger partial charge < -0.3 is 0 Å². The van der Waals surface area contributed by atoms with Crippen LogP contribution in [0.15, 0.2) is 12.4 Å². The molecule has 0 unspecified atom stereocenters. The smallest absolute Gasteiger partial charge is 0.238 e. The number of aromatic nitrogens is 2. The van der Waals surface area contributed by atoms with E-state index in [4.69, 9.17) is 22.3 Å². The summed E-state index contributed by atoms with van der Waals surface area (Å²) in [6, 6.07) is 0. The second kappa shape index (κ2) is 3.55. The van der Waals surface area contributed by atoms with E-state index in [1.165, 1.54) is 12.4 Å². The molecule has 0 saturated heterocycles. The van der Waals surface area contributed by atoms with Crippen molar-refractivity contribution in [2.24, 2.45) is 0 Å². The van der Waals surface area contributed by atoms with Gasteiger partial charge in [0.2, 0.25) is 9.05 Å². The molecule has 0 aliphatic carbocycles. The van der Waals surface area contributed by atoms with Crippen LogP contribution in [0.25, 0.3) is 0 Å². The zero-order valence-corrected chi connectivity index (χ0v) is 8.07.